The van der Waals surface area contributed by atoms with Crippen LogP contribution in [0, 0.1) is 0 Å². The second kappa shape index (κ2) is 6.59. The number of hydrogen-bond donors (Lipinski definition) is 0. The predicted octanol–water partition coefficient (Wildman–Crippen LogP) is 4.73. The smallest absolute Gasteiger partial charge is 0.297 e. The average Bonchev–Trinajstić information content (AvgIpc) is 2.86. The Morgan fingerprint density at radius 2 is 2.00 bits per heavy atom. The summed E-state index contributed by atoms with van der Waals surface area (Å²) in [6.45, 7) is 7.01. The first kappa shape index (κ1) is 15.2. The number of ether oxygens (including phenoxy) is 2. The van der Waals surface area contributed by atoms with Crippen LogP contribution in [0.15, 0.2) is 18.2 Å². The van der Waals surface area contributed by atoms with Gasteiger partial charge in [0.1, 0.15) is 11.9 Å². The summed E-state index contributed by atoms with van der Waals surface area (Å²) in [5.41, 5.74) is 2.06. The van der Waals surface area contributed by atoms with Gasteiger partial charge in [0.05, 0.1) is 17.6 Å². The molecule has 0 saturated heterocycles. The van der Waals surface area contributed by atoms with Crippen LogP contribution in [0.1, 0.15) is 58.9 Å². The van der Waals surface area contributed by atoms with Crippen molar-refractivity contribution in [1.29, 1.82) is 0 Å². The number of nitrogens with zero attached hydrogens (tertiary/aromatic N) is 2. The molecule has 0 spiro atoms. The minimum Gasteiger partial charge on any atom is -0.494 e. The van der Waals surface area contributed by atoms with E-state index in [1.165, 1.54) is 19.3 Å². The number of rotatable bonds is 5. The molecule has 0 atom stereocenters. The maximum absolute atomic E-state index is 6.24. The molecular weight excluding hydrogens is 276 g/mol. The van der Waals surface area contributed by atoms with Gasteiger partial charge < -0.3 is 9.47 Å². The van der Waals surface area contributed by atoms with E-state index in [-0.39, 0.29) is 0 Å². The maximum Gasteiger partial charge on any atom is 0.297 e. The van der Waals surface area contributed by atoms with Crippen LogP contribution in [-0.2, 0) is 0 Å². The fourth-order valence-electron chi connectivity index (χ4n) is 3.22. The van der Waals surface area contributed by atoms with Gasteiger partial charge in [-0.1, -0.05) is 6.42 Å². The number of imidazole rings is 1. The molecule has 4 heteroatoms. The van der Waals surface area contributed by atoms with E-state index < -0.39 is 0 Å². The maximum atomic E-state index is 6.24. The summed E-state index contributed by atoms with van der Waals surface area (Å²) >= 11 is 0. The third-order valence-electron chi connectivity index (χ3n) is 4.28. The Balaban J connectivity index is 1.95. The summed E-state index contributed by atoms with van der Waals surface area (Å²) in [6.07, 6.45) is 6.46. The Morgan fingerprint density at radius 1 is 1.23 bits per heavy atom. The molecule has 1 aliphatic rings. The van der Waals surface area contributed by atoms with Gasteiger partial charge in [0.25, 0.3) is 6.01 Å². The zero-order valence-electron chi connectivity index (χ0n) is 13.8. The first-order valence-electron chi connectivity index (χ1n) is 8.50. The normalized spacial score (nSPS) is 16.4. The van der Waals surface area contributed by atoms with Gasteiger partial charge >= 0.3 is 0 Å². The Morgan fingerprint density at radius 3 is 2.68 bits per heavy atom. The van der Waals surface area contributed by atoms with Gasteiger partial charge in [-0.3, -0.25) is 4.57 Å². The molecule has 3 rings (SSSR count). The molecule has 120 valence electrons. The van der Waals surface area contributed by atoms with Crippen molar-refractivity contribution >= 4 is 11.0 Å². The lowest BCUT2D eigenvalue weighted by Crippen LogP contribution is -2.21. The van der Waals surface area contributed by atoms with Crippen LogP contribution in [0.3, 0.4) is 0 Å². The van der Waals surface area contributed by atoms with Gasteiger partial charge in [-0.15, -0.1) is 0 Å². The molecule has 1 aromatic carbocycles. The summed E-state index contributed by atoms with van der Waals surface area (Å²) in [5, 5.41) is 0. The van der Waals surface area contributed by atoms with Crippen LogP contribution in [0.25, 0.3) is 11.0 Å². The van der Waals surface area contributed by atoms with E-state index in [0.717, 1.165) is 35.6 Å². The van der Waals surface area contributed by atoms with Crippen molar-refractivity contribution in [3.63, 3.8) is 0 Å². The molecule has 0 bridgehead atoms. The van der Waals surface area contributed by atoms with Crippen molar-refractivity contribution in [3.8, 4) is 11.8 Å². The van der Waals surface area contributed by atoms with Gasteiger partial charge in [-0.05, 0) is 58.6 Å². The second-order valence-corrected chi connectivity index (χ2v) is 6.32. The lowest BCUT2D eigenvalue weighted by Gasteiger charge is -2.23. The molecule has 0 unspecified atom stereocenters. The van der Waals surface area contributed by atoms with Crippen molar-refractivity contribution in [2.45, 2.75) is 65.0 Å². The number of benzene rings is 1. The number of hydrogen-bond acceptors (Lipinski definition) is 3. The summed E-state index contributed by atoms with van der Waals surface area (Å²) in [6, 6.07) is 7.13. The summed E-state index contributed by atoms with van der Waals surface area (Å²) < 4.78 is 14.1. The van der Waals surface area contributed by atoms with Crippen LogP contribution in [-0.4, -0.2) is 22.3 Å². The number of fused-ring (bicyclic) bond motifs is 1. The molecular formula is C18H26N2O2. The van der Waals surface area contributed by atoms with Gasteiger partial charge in [0.2, 0.25) is 0 Å². The second-order valence-electron chi connectivity index (χ2n) is 6.32. The van der Waals surface area contributed by atoms with Crippen molar-refractivity contribution in [3.05, 3.63) is 18.2 Å². The van der Waals surface area contributed by atoms with E-state index >= 15 is 0 Å². The lowest BCUT2D eigenvalue weighted by molar-refractivity contribution is 0.135. The average molecular weight is 302 g/mol. The predicted molar refractivity (Wildman–Crippen MR) is 88.8 cm³/mol. The lowest BCUT2D eigenvalue weighted by atomic mass is 9.98. The van der Waals surface area contributed by atoms with Crippen molar-refractivity contribution in [2.75, 3.05) is 6.61 Å². The molecule has 0 radical (unpaired) electrons. The van der Waals surface area contributed by atoms with Crippen LogP contribution in [0.5, 0.6) is 11.8 Å². The minimum atomic E-state index is 0.306. The van der Waals surface area contributed by atoms with Crippen LogP contribution in [0.4, 0.5) is 0 Å². The highest BCUT2D eigenvalue weighted by Crippen LogP contribution is 2.31. The number of aromatic nitrogens is 2. The zero-order valence-corrected chi connectivity index (χ0v) is 13.8. The molecule has 1 saturated carbocycles. The summed E-state index contributed by atoms with van der Waals surface area (Å²) in [5.74, 6) is 0.890. The molecule has 1 heterocycles. The van der Waals surface area contributed by atoms with E-state index in [4.69, 9.17) is 14.5 Å². The van der Waals surface area contributed by atoms with Crippen LogP contribution in [0.2, 0.25) is 0 Å². The SMILES string of the molecule is CCOc1ccc2nc(OC3CCCCC3)n(C(C)C)c2c1. The van der Waals surface area contributed by atoms with Crippen LogP contribution >= 0.6 is 0 Å². The van der Waals surface area contributed by atoms with E-state index in [1.807, 2.05) is 19.1 Å². The van der Waals surface area contributed by atoms with Gasteiger partial charge in [-0.25, -0.2) is 0 Å². The van der Waals surface area contributed by atoms with E-state index in [9.17, 15) is 0 Å². The van der Waals surface area contributed by atoms with Crippen molar-refractivity contribution < 1.29 is 9.47 Å². The molecule has 0 aliphatic heterocycles. The standard InChI is InChI=1S/C18H26N2O2/c1-4-21-15-10-11-16-17(12-15)20(13(2)3)18(19-16)22-14-8-6-5-7-9-14/h10-14H,4-9H2,1-3H3. The first-order chi connectivity index (χ1) is 10.7. The summed E-state index contributed by atoms with van der Waals surface area (Å²) in [7, 11) is 0. The monoisotopic (exact) mass is 302 g/mol. The summed E-state index contributed by atoms with van der Waals surface area (Å²) in [4.78, 5) is 4.71. The Labute approximate surface area is 132 Å². The van der Waals surface area contributed by atoms with Gasteiger partial charge in [-0.2, -0.15) is 4.98 Å². The zero-order chi connectivity index (χ0) is 15.5. The highest BCUT2D eigenvalue weighted by molar-refractivity contribution is 5.78. The Kier molecular flexibility index (Phi) is 4.55. The van der Waals surface area contributed by atoms with Crippen LogP contribution < -0.4 is 9.47 Å². The molecule has 2 aromatic rings. The molecule has 0 amide bonds. The minimum absolute atomic E-state index is 0.306. The van der Waals surface area contributed by atoms with Crippen molar-refractivity contribution in [1.82, 2.24) is 9.55 Å². The Bertz CT molecular complexity index is 627. The first-order valence-corrected chi connectivity index (χ1v) is 8.50. The quantitative estimate of drug-likeness (QED) is 0.801. The largest absolute Gasteiger partial charge is 0.494 e. The highest BCUT2D eigenvalue weighted by Gasteiger charge is 2.21. The van der Waals surface area contributed by atoms with E-state index in [2.05, 4.69) is 24.5 Å². The fraction of sp³-hybridized carbons (Fsp3) is 0.611. The fourth-order valence-corrected chi connectivity index (χ4v) is 3.22. The molecule has 1 fully saturated rings. The van der Waals surface area contributed by atoms with Gasteiger partial charge in [0.15, 0.2) is 0 Å². The molecule has 0 N–H and O–H groups in total. The molecule has 1 aromatic heterocycles. The van der Waals surface area contributed by atoms with Gasteiger partial charge in [0, 0.05) is 12.1 Å². The molecule has 4 nitrogen and oxygen atoms in total. The third-order valence-corrected chi connectivity index (χ3v) is 4.28. The van der Waals surface area contributed by atoms with Crippen molar-refractivity contribution in [2.24, 2.45) is 0 Å². The van der Waals surface area contributed by atoms with E-state index in [0.29, 0.717) is 18.8 Å². The molecule has 22 heavy (non-hydrogen) atoms. The highest BCUT2D eigenvalue weighted by atomic mass is 16.5. The molecule has 1 aliphatic carbocycles. The topological polar surface area (TPSA) is 36.3 Å². The third kappa shape index (κ3) is 3.06. The van der Waals surface area contributed by atoms with E-state index in [1.54, 1.807) is 0 Å². The Hall–Kier alpha value is -1.71.